The highest BCUT2D eigenvalue weighted by Gasteiger charge is 2.48. The summed E-state index contributed by atoms with van der Waals surface area (Å²) in [6, 6.07) is 19.3. The SMILES string of the molecule is Cn1cnnc1CC1(c2cccc(N3Cc4c(cc(CN5CCC(F)(F)C(CO)C5)cc4C(F)(F)F)C3=O)c2)COC1.Cn1cnnc1CC1(c2cccc(N3Cc4c(cc(CN5CCC(F)(F)[C@H](CO)C5)cc4C(F)(F)F)C3=O)c2)COC1. The molecule has 448 valence electrons. The Morgan fingerprint density at radius 2 is 0.976 bits per heavy atom. The lowest BCUT2D eigenvalue weighted by Gasteiger charge is -2.42. The predicted molar refractivity (Wildman–Crippen MR) is 282 cm³/mol. The van der Waals surface area contributed by atoms with E-state index in [0.29, 0.717) is 50.6 Å². The van der Waals surface area contributed by atoms with Gasteiger partial charge in [-0.3, -0.25) is 19.4 Å². The van der Waals surface area contributed by atoms with E-state index in [1.54, 1.807) is 46.7 Å². The number of piperidine rings is 2. The number of fused-ring (bicyclic) bond motifs is 2. The van der Waals surface area contributed by atoms with Gasteiger partial charge in [0.05, 0.1) is 75.7 Å². The van der Waals surface area contributed by atoms with Gasteiger partial charge in [0.15, 0.2) is 0 Å². The number of likely N-dealkylation sites (tertiary alicyclic amines) is 2. The van der Waals surface area contributed by atoms with Crippen molar-refractivity contribution >= 4 is 23.2 Å². The molecule has 84 heavy (non-hydrogen) atoms. The molecule has 6 aromatic rings. The first kappa shape index (κ1) is 58.9. The maximum Gasteiger partial charge on any atom is 0.416 e. The van der Waals surface area contributed by atoms with Crippen molar-refractivity contribution in [2.45, 2.75) is 86.9 Å². The number of ether oxygens (including phenoxy) is 2. The molecule has 2 amide bonds. The van der Waals surface area contributed by atoms with Crippen molar-refractivity contribution in [2.75, 3.05) is 75.6 Å². The Kier molecular flexibility index (Phi) is 15.6. The van der Waals surface area contributed by atoms with Gasteiger partial charge in [-0.05, 0) is 81.9 Å². The molecule has 2 atom stereocenters. The fourth-order valence-electron chi connectivity index (χ4n) is 12.3. The summed E-state index contributed by atoms with van der Waals surface area (Å²) in [6.07, 6.45) is -6.13. The van der Waals surface area contributed by atoms with Crippen molar-refractivity contribution in [3.8, 4) is 0 Å². The number of halogens is 10. The third kappa shape index (κ3) is 11.3. The zero-order valence-electron chi connectivity index (χ0n) is 45.7. The number of hydrogen-bond acceptors (Lipinski definition) is 12. The van der Waals surface area contributed by atoms with Gasteiger partial charge >= 0.3 is 12.4 Å². The van der Waals surface area contributed by atoms with Crippen molar-refractivity contribution in [1.29, 1.82) is 0 Å². The standard InChI is InChI=1S/2C29H30F5N5O3/c2*1-37-17-35-36-25(37)10-27(15-42-16-27)19-3-2-4-21(9-19)39-13-23-22(26(39)41)7-18(8-24(23)29(32,33)34)11-38-6-5-28(30,31)20(12-38)14-40/h2*2-4,7-9,17,20,40H,5-6,10-16H2,1H3/t20-;/m0./s1. The molecule has 26 heteroatoms. The van der Waals surface area contributed by atoms with Gasteiger partial charge in [-0.1, -0.05) is 24.3 Å². The summed E-state index contributed by atoms with van der Waals surface area (Å²) < 4.78 is 157. The largest absolute Gasteiger partial charge is 0.416 e. The number of aryl methyl sites for hydroxylation is 2. The van der Waals surface area contributed by atoms with Crippen LogP contribution in [0.15, 0.2) is 85.5 Å². The second-order valence-electron chi connectivity index (χ2n) is 23.1. The first-order valence-electron chi connectivity index (χ1n) is 27.3. The van der Waals surface area contributed by atoms with Gasteiger partial charge < -0.3 is 38.6 Å². The molecule has 12 rings (SSSR count). The molecule has 0 spiro atoms. The van der Waals surface area contributed by atoms with Gasteiger partial charge in [0, 0.05) is 112 Å². The van der Waals surface area contributed by atoms with Gasteiger partial charge in [0.25, 0.3) is 23.7 Å². The minimum absolute atomic E-state index is 0.0331. The number of benzene rings is 4. The van der Waals surface area contributed by atoms with Crippen LogP contribution in [0.25, 0.3) is 0 Å². The van der Waals surface area contributed by atoms with Gasteiger partial charge in [0.1, 0.15) is 24.3 Å². The highest BCUT2D eigenvalue weighted by molar-refractivity contribution is 6.11. The second-order valence-corrected chi connectivity index (χ2v) is 23.1. The van der Waals surface area contributed by atoms with Gasteiger partial charge in [-0.15, -0.1) is 20.4 Å². The number of hydrogen-bond donors (Lipinski definition) is 2. The molecule has 16 nitrogen and oxygen atoms in total. The monoisotopic (exact) mass is 1180 g/mol. The van der Waals surface area contributed by atoms with E-state index in [9.17, 15) is 63.7 Å². The average Bonchev–Trinajstić information content (AvgIpc) is 3.35. The van der Waals surface area contributed by atoms with Crippen LogP contribution in [0.3, 0.4) is 0 Å². The van der Waals surface area contributed by atoms with Crippen LogP contribution in [0, 0.1) is 11.8 Å². The number of amides is 2. The van der Waals surface area contributed by atoms with Crippen LogP contribution in [0.1, 0.15) is 89.7 Å². The van der Waals surface area contributed by atoms with Gasteiger partial charge in [0.2, 0.25) is 0 Å². The van der Waals surface area contributed by atoms with E-state index in [1.165, 1.54) is 21.9 Å². The molecule has 1 unspecified atom stereocenters. The Labute approximate surface area is 475 Å². The van der Waals surface area contributed by atoms with Crippen molar-refractivity contribution in [2.24, 2.45) is 25.9 Å². The maximum atomic E-state index is 14.3. The molecule has 6 aliphatic heterocycles. The van der Waals surface area contributed by atoms with Crippen LogP contribution >= 0.6 is 0 Å². The van der Waals surface area contributed by atoms with Crippen LogP contribution in [0.4, 0.5) is 55.3 Å². The molecule has 4 aromatic carbocycles. The van der Waals surface area contributed by atoms with Gasteiger partial charge in [-0.25, -0.2) is 17.6 Å². The first-order chi connectivity index (χ1) is 39.8. The van der Waals surface area contributed by atoms with Crippen LogP contribution in [0.2, 0.25) is 0 Å². The fraction of sp³-hybridized carbons (Fsp3) is 0.483. The third-order valence-corrected chi connectivity index (χ3v) is 17.4. The normalized spacial score (nSPS) is 21.8. The Hall–Kier alpha value is -6.84. The highest BCUT2D eigenvalue weighted by atomic mass is 19.4. The summed E-state index contributed by atoms with van der Waals surface area (Å²) in [4.78, 5) is 33.1. The van der Waals surface area contributed by atoms with E-state index < -0.39 is 95.9 Å². The quantitative estimate of drug-likeness (QED) is 0.101. The summed E-state index contributed by atoms with van der Waals surface area (Å²) >= 11 is 0. The zero-order chi connectivity index (χ0) is 59.7. The molecular weight excluding hydrogens is 1120 g/mol. The Bertz CT molecular complexity index is 3230. The number of carbonyl (C=O) groups is 2. The van der Waals surface area contributed by atoms with Crippen LogP contribution in [0.5, 0.6) is 0 Å². The minimum atomic E-state index is -4.72. The number of rotatable bonds is 14. The second kappa shape index (κ2) is 22.2. The maximum absolute atomic E-state index is 14.3. The molecule has 4 fully saturated rings. The lowest BCUT2D eigenvalue weighted by atomic mass is 9.75. The van der Waals surface area contributed by atoms with Crippen molar-refractivity contribution in [1.82, 2.24) is 39.3 Å². The fourth-order valence-corrected chi connectivity index (χ4v) is 12.3. The lowest BCUT2D eigenvalue weighted by Crippen LogP contribution is -2.49. The Morgan fingerprint density at radius 3 is 1.30 bits per heavy atom. The smallest absolute Gasteiger partial charge is 0.396 e. The van der Waals surface area contributed by atoms with E-state index in [1.807, 2.05) is 47.5 Å². The Balaban J connectivity index is 0.000000175. The number of aromatic nitrogens is 6. The molecule has 0 saturated carbocycles. The first-order valence-corrected chi connectivity index (χ1v) is 27.3. The van der Waals surface area contributed by atoms with Crippen LogP contribution in [-0.2, 0) is 85.8 Å². The molecule has 2 aromatic heterocycles. The number of anilines is 2. The number of aliphatic hydroxyl groups excluding tert-OH is 2. The summed E-state index contributed by atoms with van der Waals surface area (Å²) in [5.74, 6) is -8.26. The summed E-state index contributed by atoms with van der Waals surface area (Å²) in [7, 11) is 3.69. The minimum Gasteiger partial charge on any atom is -0.396 e. The van der Waals surface area contributed by atoms with E-state index in [2.05, 4.69) is 20.4 Å². The molecule has 0 radical (unpaired) electrons. The highest BCUT2D eigenvalue weighted by Crippen LogP contribution is 2.45. The van der Waals surface area contributed by atoms with Crippen LogP contribution in [-0.4, -0.2) is 139 Å². The predicted octanol–water partition coefficient (Wildman–Crippen LogP) is 7.91. The molecular formula is C58H60F10N10O6. The molecule has 0 aliphatic carbocycles. The summed E-state index contributed by atoms with van der Waals surface area (Å²) in [5, 5.41) is 35.0. The van der Waals surface area contributed by atoms with E-state index >= 15 is 0 Å². The number of carbonyl (C=O) groups excluding carboxylic acids is 2. The summed E-state index contributed by atoms with van der Waals surface area (Å²) in [6.45, 7) is -0.697. The number of alkyl halides is 10. The van der Waals surface area contributed by atoms with Gasteiger partial charge in [-0.2, -0.15) is 26.3 Å². The molecule has 8 heterocycles. The number of nitrogens with zero attached hydrogens (tertiary/aromatic N) is 10. The zero-order valence-corrected chi connectivity index (χ0v) is 45.7. The van der Waals surface area contributed by atoms with E-state index in [0.717, 1.165) is 34.9 Å². The average molecular weight is 1180 g/mol. The summed E-state index contributed by atoms with van der Waals surface area (Å²) in [5.41, 5.74) is 0.174. The topological polar surface area (TPSA) is 167 Å². The van der Waals surface area contributed by atoms with Crippen LogP contribution < -0.4 is 9.80 Å². The van der Waals surface area contributed by atoms with Crippen molar-refractivity contribution in [3.05, 3.63) is 153 Å². The number of aliphatic hydroxyl groups is 2. The molecule has 6 aliphatic rings. The van der Waals surface area contributed by atoms with Crippen molar-refractivity contribution in [3.63, 3.8) is 0 Å². The van der Waals surface area contributed by atoms with E-state index in [4.69, 9.17) is 9.47 Å². The molecule has 2 N–H and O–H groups in total. The molecule has 0 bridgehead atoms. The lowest BCUT2D eigenvalue weighted by molar-refractivity contribution is -0.139. The van der Waals surface area contributed by atoms with E-state index in [-0.39, 0.29) is 85.7 Å². The van der Waals surface area contributed by atoms with Crippen molar-refractivity contribution < 1.29 is 73.2 Å². The Morgan fingerprint density at radius 1 is 0.583 bits per heavy atom. The molecule has 4 saturated heterocycles. The third-order valence-electron chi connectivity index (χ3n) is 17.4.